The minimum Gasteiger partial charge on any atom is -0.462 e. The number of carbonyl (C=O) groups excluding carboxylic acids is 2. The number of anilines is 1. The summed E-state index contributed by atoms with van der Waals surface area (Å²) in [7, 11) is 0. The van der Waals surface area contributed by atoms with Crippen molar-refractivity contribution in [2.45, 2.75) is 13.1 Å². The van der Waals surface area contributed by atoms with Gasteiger partial charge in [-0.15, -0.1) is 11.3 Å². The number of furan rings is 1. The van der Waals surface area contributed by atoms with Crippen LogP contribution in [0.2, 0.25) is 0 Å². The molecule has 2 aromatic heterocycles. The second-order valence-electron chi connectivity index (χ2n) is 7.10. The van der Waals surface area contributed by atoms with E-state index < -0.39 is 23.6 Å². The lowest BCUT2D eigenvalue weighted by Crippen LogP contribution is -2.14. The van der Waals surface area contributed by atoms with Crippen molar-refractivity contribution in [2.75, 3.05) is 11.9 Å². The molecule has 4 rings (SSSR count). The van der Waals surface area contributed by atoms with Crippen LogP contribution in [0.5, 0.6) is 0 Å². The van der Waals surface area contributed by atoms with Crippen molar-refractivity contribution >= 4 is 28.2 Å². The van der Waals surface area contributed by atoms with Crippen LogP contribution in [-0.4, -0.2) is 18.5 Å². The van der Waals surface area contributed by atoms with Crippen LogP contribution >= 0.6 is 11.3 Å². The minimum atomic E-state index is -4.58. The monoisotopic (exact) mass is 485 g/mol. The van der Waals surface area contributed by atoms with Gasteiger partial charge in [-0.2, -0.15) is 13.2 Å². The molecule has 4 aromatic rings. The first-order valence-corrected chi connectivity index (χ1v) is 11.1. The van der Waals surface area contributed by atoms with E-state index in [1.54, 1.807) is 12.3 Å². The summed E-state index contributed by atoms with van der Waals surface area (Å²) in [6.07, 6.45) is -4.58. The van der Waals surface area contributed by atoms with E-state index in [9.17, 15) is 22.8 Å². The molecule has 0 aliphatic rings. The molecule has 0 aliphatic heterocycles. The Morgan fingerprint density at radius 1 is 0.971 bits per heavy atom. The van der Waals surface area contributed by atoms with Crippen LogP contribution in [0, 0.1) is 0 Å². The number of hydrogen-bond acceptors (Lipinski definition) is 5. The molecule has 2 heterocycles. The highest BCUT2D eigenvalue weighted by Gasteiger charge is 2.34. The lowest BCUT2D eigenvalue weighted by atomic mass is 10.0. The molecule has 0 saturated carbocycles. The number of nitrogens with one attached hydrogen (secondary N) is 1. The molecule has 5 nitrogen and oxygen atoms in total. The largest absolute Gasteiger partial charge is 0.462 e. The third-order valence-electron chi connectivity index (χ3n) is 4.91. The van der Waals surface area contributed by atoms with Crippen molar-refractivity contribution in [2.24, 2.45) is 0 Å². The van der Waals surface area contributed by atoms with Crippen LogP contribution < -0.4 is 5.32 Å². The summed E-state index contributed by atoms with van der Waals surface area (Å²) in [6.45, 7) is 1.82. The van der Waals surface area contributed by atoms with Gasteiger partial charge >= 0.3 is 12.1 Å². The number of esters is 1. The van der Waals surface area contributed by atoms with Gasteiger partial charge in [0.2, 0.25) is 0 Å². The van der Waals surface area contributed by atoms with Gasteiger partial charge in [-0.25, -0.2) is 4.79 Å². The zero-order valence-electron chi connectivity index (χ0n) is 17.8. The van der Waals surface area contributed by atoms with E-state index in [4.69, 9.17) is 9.15 Å². The molecule has 0 unspecified atom stereocenters. The lowest BCUT2D eigenvalue weighted by Gasteiger charge is -2.10. The van der Waals surface area contributed by atoms with Crippen LogP contribution in [0.1, 0.15) is 33.4 Å². The molecular formula is C25H18F3NO4S. The van der Waals surface area contributed by atoms with Gasteiger partial charge in [-0.1, -0.05) is 48.5 Å². The number of benzene rings is 2. The number of thiophene rings is 1. The maximum Gasteiger partial charge on any atom is 0.417 e. The predicted octanol–water partition coefficient (Wildman–Crippen LogP) is 7.12. The SMILES string of the molecule is CCOC(=O)c1c(-c2ccccc2)csc1NC(=O)c1ccc(-c2ccccc2C(F)(F)F)o1. The quantitative estimate of drug-likeness (QED) is 0.295. The van der Waals surface area contributed by atoms with Crippen LogP contribution in [0.15, 0.2) is 76.5 Å². The molecule has 9 heteroatoms. The topological polar surface area (TPSA) is 68.5 Å². The summed E-state index contributed by atoms with van der Waals surface area (Å²) in [5.41, 5.74) is 0.515. The molecule has 0 aliphatic carbocycles. The normalized spacial score (nSPS) is 11.3. The third kappa shape index (κ3) is 4.74. The van der Waals surface area contributed by atoms with Crippen molar-refractivity contribution < 1.29 is 31.9 Å². The first-order chi connectivity index (χ1) is 16.3. The number of hydrogen-bond donors (Lipinski definition) is 1. The maximum absolute atomic E-state index is 13.3. The fourth-order valence-electron chi connectivity index (χ4n) is 3.40. The smallest absolute Gasteiger partial charge is 0.417 e. The summed E-state index contributed by atoms with van der Waals surface area (Å²) in [5.74, 6) is -1.60. The Kier molecular flexibility index (Phi) is 6.56. The zero-order valence-corrected chi connectivity index (χ0v) is 18.6. The van der Waals surface area contributed by atoms with E-state index in [2.05, 4.69) is 5.32 Å². The van der Waals surface area contributed by atoms with E-state index in [-0.39, 0.29) is 34.3 Å². The Labute approximate surface area is 196 Å². The Morgan fingerprint density at radius 3 is 2.38 bits per heavy atom. The van der Waals surface area contributed by atoms with E-state index >= 15 is 0 Å². The van der Waals surface area contributed by atoms with Gasteiger partial charge in [0.25, 0.3) is 5.91 Å². The second-order valence-corrected chi connectivity index (χ2v) is 7.98. The number of ether oxygens (including phenoxy) is 1. The lowest BCUT2D eigenvalue weighted by molar-refractivity contribution is -0.137. The zero-order chi connectivity index (χ0) is 24.3. The number of rotatable bonds is 6. The Bertz CT molecular complexity index is 1330. The van der Waals surface area contributed by atoms with Crippen LogP contribution in [0.25, 0.3) is 22.5 Å². The first-order valence-electron chi connectivity index (χ1n) is 10.2. The Balaban J connectivity index is 1.65. The number of alkyl halides is 3. The van der Waals surface area contributed by atoms with Crippen molar-refractivity contribution in [3.63, 3.8) is 0 Å². The fourth-order valence-corrected chi connectivity index (χ4v) is 4.35. The molecule has 0 atom stereocenters. The molecule has 0 fully saturated rings. The molecule has 0 radical (unpaired) electrons. The van der Waals surface area contributed by atoms with Crippen molar-refractivity contribution in [3.8, 4) is 22.5 Å². The molecule has 0 saturated heterocycles. The molecule has 34 heavy (non-hydrogen) atoms. The molecule has 0 bridgehead atoms. The summed E-state index contributed by atoms with van der Waals surface area (Å²) in [5, 5.41) is 4.60. The van der Waals surface area contributed by atoms with Crippen molar-refractivity contribution in [1.82, 2.24) is 0 Å². The first kappa shape index (κ1) is 23.3. The average molecular weight is 485 g/mol. The molecule has 2 aromatic carbocycles. The van der Waals surface area contributed by atoms with Crippen LogP contribution in [0.4, 0.5) is 18.2 Å². The summed E-state index contributed by atoms with van der Waals surface area (Å²) in [6, 6.07) is 16.7. The Morgan fingerprint density at radius 2 is 1.68 bits per heavy atom. The second kappa shape index (κ2) is 9.56. The highest BCUT2D eigenvalue weighted by molar-refractivity contribution is 7.15. The van der Waals surface area contributed by atoms with E-state index in [0.717, 1.165) is 23.0 Å². The molecule has 0 spiro atoms. The third-order valence-corrected chi connectivity index (χ3v) is 5.81. The minimum absolute atomic E-state index is 0.0974. The predicted molar refractivity (Wildman–Crippen MR) is 123 cm³/mol. The molecule has 174 valence electrons. The van der Waals surface area contributed by atoms with Gasteiger partial charge in [-0.3, -0.25) is 4.79 Å². The van der Waals surface area contributed by atoms with Crippen LogP contribution in [-0.2, 0) is 10.9 Å². The number of carbonyl (C=O) groups is 2. The van der Waals surface area contributed by atoms with E-state index in [1.807, 2.05) is 30.3 Å². The van der Waals surface area contributed by atoms with Crippen molar-refractivity contribution in [1.29, 1.82) is 0 Å². The summed E-state index contributed by atoms with van der Waals surface area (Å²) >= 11 is 1.13. The highest BCUT2D eigenvalue weighted by atomic mass is 32.1. The number of amides is 1. The molecule has 1 N–H and O–H groups in total. The van der Waals surface area contributed by atoms with Gasteiger partial charge in [0.05, 0.1) is 12.2 Å². The van der Waals surface area contributed by atoms with Gasteiger partial charge in [0.15, 0.2) is 5.76 Å². The Hall–Kier alpha value is -3.85. The van der Waals surface area contributed by atoms with Gasteiger partial charge < -0.3 is 14.5 Å². The fraction of sp³-hybridized carbons (Fsp3) is 0.120. The van der Waals surface area contributed by atoms with E-state index in [1.165, 1.54) is 30.3 Å². The maximum atomic E-state index is 13.3. The molecular weight excluding hydrogens is 467 g/mol. The van der Waals surface area contributed by atoms with Crippen LogP contribution in [0.3, 0.4) is 0 Å². The number of halogens is 3. The van der Waals surface area contributed by atoms with Crippen molar-refractivity contribution in [3.05, 3.63) is 89.0 Å². The van der Waals surface area contributed by atoms with E-state index in [0.29, 0.717) is 5.56 Å². The van der Waals surface area contributed by atoms with Gasteiger partial charge in [0.1, 0.15) is 16.3 Å². The van der Waals surface area contributed by atoms with Gasteiger partial charge in [0, 0.05) is 16.5 Å². The molecule has 1 amide bonds. The summed E-state index contributed by atoms with van der Waals surface area (Å²) < 4.78 is 50.7. The highest BCUT2D eigenvalue weighted by Crippen LogP contribution is 2.39. The standard InChI is InChI=1S/C25H18F3NO4S/c1-2-32-24(31)21-17(15-8-4-3-5-9-15)14-34-23(21)29-22(30)20-13-12-19(33-20)16-10-6-7-11-18(16)25(26,27)28/h3-14H,2H2,1H3,(H,29,30). The van der Waals surface area contributed by atoms with Gasteiger partial charge in [-0.05, 0) is 30.7 Å². The summed E-state index contributed by atoms with van der Waals surface area (Å²) in [4.78, 5) is 25.5. The average Bonchev–Trinajstić information content (AvgIpc) is 3.47.